The summed E-state index contributed by atoms with van der Waals surface area (Å²) in [6.07, 6.45) is 1.41. The minimum absolute atomic E-state index is 0.0733. The molecule has 9 heteroatoms. The largest absolute Gasteiger partial charge is 0.390 e. The van der Waals surface area contributed by atoms with E-state index in [0.717, 1.165) is 0 Å². The van der Waals surface area contributed by atoms with Crippen LogP contribution in [0.2, 0.25) is 10.0 Å². The fraction of sp³-hybridized carbons (Fsp3) is 0.500. The number of benzene rings is 2. The minimum atomic E-state index is -1.29. The Bertz CT molecular complexity index is 1270. The average molecular weight is 548 g/mol. The number of carbonyl (C=O) groups excluding carboxylic acids is 2. The first-order valence-electron chi connectivity index (χ1n) is 12.6. The highest BCUT2D eigenvalue weighted by molar-refractivity contribution is 6.31. The number of fused-ring (bicyclic) bond motifs is 2. The first-order chi connectivity index (χ1) is 17.2. The molecule has 2 fully saturated rings. The zero-order valence-corrected chi connectivity index (χ0v) is 22.8. The number of anilines is 1. The molecule has 0 bridgehead atoms. The van der Waals surface area contributed by atoms with Gasteiger partial charge in [-0.25, -0.2) is 4.39 Å². The summed E-state index contributed by atoms with van der Waals surface area (Å²) >= 11 is 12.5. The van der Waals surface area contributed by atoms with Crippen molar-refractivity contribution >= 4 is 40.7 Å². The van der Waals surface area contributed by atoms with Crippen LogP contribution in [-0.4, -0.2) is 40.6 Å². The number of amides is 2. The Kier molecular flexibility index (Phi) is 6.38. The van der Waals surface area contributed by atoms with Gasteiger partial charge in [-0.2, -0.15) is 0 Å². The van der Waals surface area contributed by atoms with Crippen molar-refractivity contribution in [3.05, 3.63) is 63.4 Å². The lowest BCUT2D eigenvalue weighted by Gasteiger charge is -2.42. The zero-order valence-electron chi connectivity index (χ0n) is 21.3. The quantitative estimate of drug-likeness (QED) is 0.437. The third-order valence-corrected chi connectivity index (χ3v) is 8.47. The van der Waals surface area contributed by atoms with Crippen LogP contribution in [0.5, 0.6) is 0 Å². The first kappa shape index (κ1) is 26.4. The fourth-order valence-corrected chi connectivity index (χ4v) is 6.90. The number of hydrogen-bond donors (Lipinski definition) is 4. The second kappa shape index (κ2) is 8.94. The second-order valence-electron chi connectivity index (χ2n) is 12.2. The predicted molar refractivity (Wildman–Crippen MR) is 142 cm³/mol. The molecule has 2 aromatic carbocycles. The van der Waals surface area contributed by atoms with Crippen LogP contribution in [0.3, 0.4) is 0 Å². The van der Waals surface area contributed by atoms with Gasteiger partial charge in [-0.05, 0) is 60.9 Å². The second-order valence-corrected chi connectivity index (χ2v) is 13.0. The van der Waals surface area contributed by atoms with Crippen molar-refractivity contribution in [1.29, 1.82) is 0 Å². The molecule has 4 N–H and O–H groups in total. The van der Waals surface area contributed by atoms with E-state index in [0.29, 0.717) is 35.5 Å². The Hall–Kier alpha value is -2.19. The molecule has 0 unspecified atom stereocenters. The first-order valence-corrected chi connectivity index (χ1v) is 13.3. The highest BCUT2D eigenvalue weighted by Gasteiger charge is 2.66. The number of hydrogen-bond acceptors (Lipinski definition) is 4. The predicted octanol–water partition coefficient (Wildman–Crippen LogP) is 4.91. The van der Waals surface area contributed by atoms with E-state index in [1.807, 2.05) is 0 Å². The number of halogens is 3. The van der Waals surface area contributed by atoms with Crippen molar-refractivity contribution in [2.45, 2.75) is 82.0 Å². The standard InChI is InChI=1S/C28H32Cl2FN3O3/c1-26(2,3)13-20-28(17-9-8-14(29)10-19(17)33-25(28)36)21(16-6-5-7-18(30)22(16)31)23(34-20)24(35)32-15-11-27(4,37)12-15/h5-10,15,20-21,23,34,37H,11-13H2,1-4H3,(H,32,35)(H,33,36)/t15?,20-,21-,23+,27?,28+/m0/s1. The normalized spacial score (nSPS) is 32.7. The van der Waals surface area contributed by atoms with Gasteiger partial charge in [-0.3, -0.25) is 9.59 Å². The third kappa shape index (κ3) is 4.44. The summed E-state index contributed by atoms with van der Waals surface area (Å²) < 4.78 is 15.7. The van der Waals surface area contributed by atoms with Crippen LogP contribution in [0.4, 0.5) is 10.1 Å². The van der Waals surface area contributed by atoms with E-state index in [1.165, 1.54) is 6.07 Å². The molecule has 4 atom stereocenters. The van der Waals surface area contributed by atoms with E-state index in [-0.39, 0.29) is 33.9 Å². The maximum absolute atomic E-state index is 15.7. The van der Waals surface area contributed by atoms with Gasteiger partial charge in [-0.15, -0.1) is 0 Å². The van der Waals surface area contributed by atoms with Gasteiger partial charge in [0, 0.05) is 28.7 Å². The Morgan fingerprint density at radius 3 is 2.57 bits per heavy atom. The van der Waals surface area contributed by atoms with Crippen LogP contribution in [0.25, 0.3) is 0 Å². The number of aliphatic hydroxyl groups is 1. The maximum atomic E-state index is 15.7. The lowest BCUT2D eigenvalue weighted by atomic mass is 9.62. The molecule has 1 saturated heterocycles. The molecule has 6 nitrogen and oxygen atoms in total. The summed E-state index contributed by atoms with van der Waals surface area (Å²) in [6.45, 7) is 7.93. The Morgan fingerprint density at radius 1 is 1.22 bits per heavy atom. The Labute approximate surface area is 226 Å². The van der Waals surface area contributed by atoms with Gasteiger partial charge < -0.3 is 21.1 Å². The van der Waals surface area contributed by atoms with Gasteiger partial charge in [0.05, 0.1) is 16.7 Å². The highest BCUT2D eigenvalue weighted by Crippen LogP contribution is 2.57. The summed E-state index contributed by atoms with van der Waals surface area (Å²) in [6, 6.07) is 8.29. The van der Waals surface area contributed by atoms with E-state index >= 15 is 4.39 Å². The van der Waals surface area contributed by atoms with E-state index < -0.39 is 34.8 Å². The van der Waals surface area contributed by atoms with Crippen molar-refractivity contribution in [1.82, 2.24) is 10.6 Å². The van der Waals surface area contributed by atoms with E-state index in [1.54, 1.807) is 37.3 Å². The highest BCUT2D eigenvalue weighted by atomic mass is 35.5. The molecule has 0 aromatic heterocycles. The van der Waals surface area contributed by atoms with Crippen LogP contribution < -0.4 is 16.0 Å². The Balaban J connectivity index is 1.69. The van der Waals surface area contributed by atoms with Crippen molar-refractivity contribution in [2.24, 2.45) is 5.41 Å². The summed E-state index contributed by atoms with van der Waals surface area (Å²) in [7, 11) is 0. The molecule has 0 radical (unpaired) electrons. The molecule has 1 aliphatic carbocycles. The van der Waals surface area contributed by atoms with Crippen LogP contribution in [0.1, 0.15) is 64.0 Å². The van der Waals surface area contributed by atoms with Gasteiger partial charge in [0.2, 0.25) is 11.8 Å². The Morgan fingerprint density at radius 2 is 1.92 bits per heavy atom. The summed E-state index contributed by atoms with van der Waals surface area (Å²) in [5, 5.41) is 20.0. The third-order valence-electron chi connectivity index (χ3n) is 7.94. The number of carbonyl (C=O) groups is 2. The van der Waals surface area contributed by atoms with Crippen LogP contribution in [-0.2, 0) is 15.0 Å². The van der Waals surface area contributed by atoms with E-state index in [4.69, 9.17) is 23.2 Å². The molecular formula is C28H32Cl2FN3O3. The molecule has 198 valence electrons. The monoisotopic (exact) mass is 547 g/mol. The molecule has 37 heavy (non-hydrogen) atoms. The summed E-state index contributed by atoms with van der Waals surface area (Å²) in [5.74, 6) is -2.18. The molecular weight excluding hydrogens is 516 g/mol. The lowest BCUT2D eigenvalue weighted by Crippen LogP contribution is -2.57. The zero-order chi connectivity index (χ0) is 26.9. The van der Waals surface area contributed by atoms with Crippen molar-refractivity contribution < 1.29 is 19.1 Å². The van der Waals surface area contributed by atoms with Crippen LogP contribution in [0, 0.1) is 11.2 Å². The fourth-order valence-electron chi connectivity index (χ4n) is 6.55. The van der Waals surface area contributed by atoms with Gasteiger partial charge >= 0.3 is 0 Å². The maximum Gasteiger partial charge on any atom is 0.238 e. The topological polar surface area (TPSA) is 90.5 Å². The number of nitrogens with one attached hydrogen (secondary N) is 3. The van der Waals surface area contributed by atoms with Gasteiger partial charge in [0.1, 0.15) is 11.2 Å². The molecule has 3 aliphatic rings. The average Bonchev–Trinajstić information content (AvgIpc) is 3.23. The molecule has 5 rings (SSSR count). The molecule has 2 aromatic rings. The molecule has 2 heterocycles. The molecule has 2 aliphatic heterocycles. The lowest BCUT2D eigenvalue weighted by molar-refractivity contribution is -0.127. The van der Waals surface area contributed by atoms with Crippen molar-refractivity contribution in [3.8, 4) is 0 Å². The smallest absolute Gasteiger partial charge is 0.238 e. The summed E-state index contributed by atoms with van der Waals surface area (Å²) in [4.78, 5) is 27.9. The van der Waals surface area contributed by atoms with Gasteiger partial charge in [-0.1, -0.05) is 62.2 Å². The van der Waals surface area contributed by atoms with Crippen molar-refractivity contribution in [3.63, 3.8) is 0 Å². The molecule has 1 spiro atoms. The van der Waals surface area contributed by atoms with E-state index in [2.05, 4.69) is 36.7 Å². The van der Waals surface area contributed by atoms with Crippen LogP contribution in [0.15, 0.2) is 36.4 Å². The SMILES string of the molecule is CC(C)(C)C[C@@H]1N[C@@H](C(=O)NC2CC(C)(O)C2)[C@H](c2cccc(Cl)c2F)[C@]12C(=O)Nc1cc(Cl)ccc12. The molecule has 2 amide bonds. The minimum Gasteiger partial charge on any atom is -0.390 e. The van der Waals surface area contributed by atoms with Crippen LogP contribution >= 0.6 is 23.2 Å². The molecule has 1 saturated carbocycles. The van der Waals surface area contributed by atoms with E-state index in [9.17, 15) is 14.7 Å². The number of rotatable bonds is 4. The summed E-state index contributed by atoms with van der Waals surface area (Å²) in [5.41, 5.74) is -0.882. The van der Waals surface area contributed by atoms with Gasteiger partial charge in [0.15, 0.2) is 0 Å². The van der Waals surface area contributed by atoms with Gasteiger partial charge in [0.25, 0.3) is 0 Å². The van der Waals surface area contributed by atoms with Crippen molar-refractivity contribution in [2.75, 3.05) is 5.32 Å².